The SMILES string of the molecule is CC(C)(C)[Si](C)(C)OCCC(NC(=O)O)C(=O)O. The van der Waals surface area contributed by atoms with Crippen molar-refractivity contribution in [3.8, 4) is 0 Å². The van der Waals surface area contributed by atoms with E-state index in [1.165, 1.54) is 0 Å². The van der Waals surface area contributed by atoms with Gasteiger partial charge in [-0.2, -0.15) is 0 Å². The molecule has 0 aromatic heterocycles. The van der Waals surface area contributed by atoms with E-state index in [1.807, 2.05) is 5.32 Å². The van der Waals surface area contributed by atoms with Crippen molar-refractivity contribution in [3.05, 3.63) is 0 Å². The van der Waals surface area contributed by atoms with Crippen LogP contribution in [-0.2, 0) is 9.22 Å². The molecule has 0 saturated heterocycles. The molecule has 1 amide bonds. The van der Waals surface area contributed by atoms with Gasteiger partial charge >= 0.3 is 12.1 Å². The Kier molecular flexibility index (Phi) is 5.82. The van der Waals surface area contributed by atoms with Gasteiger partial charge in [-0.05, 0) is 18.1 Å². The second-order valence-corrected chi connectivity index (χ2v) is 10.5. The zero-order valence-corrected chi connectivity index (χ0v) is 12.6. The highest BCUT2D eigenvalue weighted by atomic mass is 28.4. The summed E-state index contributed by atoms with van der Waals surface area (Å²) in [5, 5.41) is 19.4. The van der Waals surface area contributed by atoms with Gasteiger partial charge in [-0.1, -0.05) is 20.8 Å². The summed E-state index contributed by atoms with van der Waals surface area (Å²) in [6.45, 7) is 10.6. The van der Waals surface area contributed by atoms with Crippen molar-refractivity contribution in [2.75, 3.05) is 6.61 Å². The fourth-order valence-electron chi connectivity index (χ4n) is 1.05. The van der Waals surface area contributed by atoms with Gasteiger partial charge in [-0.15, -0.1) is 0 Å². The van der Waals surface area contributed by atoms with Gasteiger partial charge in [0.15, 0.2) is 8.32 Å². The van der Waals surface area contributed by atoms with Gasteiger partial charge in [0.2, 0.25) is 0 Å². The van der Waals surface area contributed by atoms with Crippen molar-refractivity contribution in [1.82, 2.24) is 5.32 Å². The number of hydrogen-bond donors (Lipinski definition) is 3. The normalized spacial score (nSPS) is 14.1. The van der Waals surface area contributed by atoms with Crippen LogP contribution in [0.25, 0.3) is 0 Å². The van der Waals surface area contributed by atoms with Crippen molar-refractivity contribution >= 4 is 20.4 Å². The summed E-state index contributed by atoms with van der Waals surface area (Å²) in [5.41, 5.74) is 0. The average Bonchev–Trinajstić information content (AvgIpc) is 2.13. The van der Waals surface area contributed by atoms with Crippen molar-refractivity contribution in [2.24, 2.45) is 0 Å². The largest absolute Gasteiger partial charge is 0.480 e. The molecule has 0 saturated carbocycles. The third kappa shape index (κ3) is 5.50. The third-order valence-electron chi connectivity index (χ3n) is 3.27. The van der Waals surface area contributed by atoms with E-state index in [9.17, 15) is 9.59 Å². The minimum atomic E-state index is -1.91. The molecule has 7 heteroatoms. The maximum Gasteiger partial charge on any atom is 0.405 e. The van der Waals surface area contributed by atoms with Crippen LogP contribution in [0.2, 0.25) is 18.1 Å². The fraction of sp³-hybridized carbons (Fsp3) is 0.818. The monoisotopic (exact) mass is 277 g/mol. The lowest BCUT2D eigenvalue weighted by Crippen LogP contribution is -2.44. The number of rotatable bonds is 6. The lowest BCUT2D eigenvalue weighted by molar-refractivity contribution is -0.139. The maximum absolute atomic E-state index is 10.8. The average molecular weight is 277 g/mol. The quantitative estimate of drug-likeness (QED) is 0.646. The van der Waals surface area contributed by atoms with E-state index in [-0.39, 0.29) is 18.1 Å². The summed E-state index contributed by atoms with van der Waals surface area (Å²) in [4.78, 5) is 21.2. The molecule has 18 heavy (non-hydrogen) atoms. The summed E-state index contributed by atoms with van der Waals surface area (Å²) >= 11 is 0. The van der Waals surface area contributed by atoms with E-state index in [4.69, 9.17) is 14.6 Å². The topological polar surface area (TPSA) is 95.9 Å². The molecule has 0 heterocycles. The molecule has 0 bridgehead atoms. The summed E-state index contributed by atoms with van der Waals surface area (Å²) in [7, 11) is -1.91. The molecule has 0 fully saturated rings. The van der Waals surface area contributed by atoms with Crippen molar-refractivity contribution < 1.29 is 24.2 Å². The zero-order chi connectivity index (χ0) is 14.6. The molecule has 0 rings (SSSR count). The predicted octanol–water partition coefficient (Wildman–Crippen LogP) is 2.12. The Balaban J connectivity index is 4.31. The minimum absolute atomic E-state index is 0.0476. The van der Waals surface area contributed by atoms with Gasteiger partial charge in [0.1, 0.15) is 6.04 Å². The van der Waals surface area contributed by atoms with Crippen LogP contribution >= 0.6 is 0 Å². The molecule has 0 radical (unpaired) electrons. The molecular formula is C11H23NO5Si. The van der Waals surface area contributed by atoms with E-state index in [1.54, 1.807) is 0 Å². The molecular weight excluding hydrogens is 254 g/mol. The Morgan fingerprint density at radius 1 is 1.28 bits per heavy atom. The molecule has 1 unspecified atom stereocenters. The number of carbonyl (C=O) groups is 2. The number of carboxylic acids is 1. The Hall–Kier alpha value is -1.08. The van der Waals surface area contributed by atoms with Crippen LogP contribution < -0.4 is 5.32 Å². The van der Waals surface area contributed by atoms with Crippen LogP contribution in [0, 0.1) is 0 Å². The van der Waals surface area contributed by atoms with Gasteiger partial charge in [0.05, 0.1) is 0 Å². The first-order valence-corrected chi connectivity index (χ1v) is 8.74. The molecule has 0 aliphatic rings. The Bertz CT molecular complexity index is 311. The summed E-state index contributed by atoms with van der Waals surface area (Å²) in [5.74, 6) is -1.18. The molecule has 1 atom stereocenters. The van der Waals surface area contributed by atoms with Crippen LogP contribution in [-0.4, -0.2) is 43.2 Å². The molecule has 0 spiro atoms. The van der Waals surface area contributed by atoms with Gasteiger partial charge in [-0.3, -0.25) is 0 Å². The van der Waals surface area contributed by atoms with Gasteiger partial charge < -0.3 is 20.0 Å². The first kappa shape index (κ1) is 16.9. The molecule has 0 aliphatic heterocycles. The van der Waals surface area contributed by atoms with E-state index < -0.39 is 26.4 Å². The number of aliphatic carboxylic acids is 1. The number of carboxylic acid groups (broad SMARTS) is 2. The highest BCUT2D eigenvalue weighted by Gasteiger charge is 2.37. The number of amides is 1. The smallest absolute Gasteiger partial charge is 0.405 e. The predicted molar refractivity (Wildman–Crippen MR) is 70.4 cm³/mol. The van der Waals surface area contributed by atoms with Crippen molar-refractivity contribution in [3.63, 3.8) is 0 Å². The third-order valence-corrected chi connectivity index (χ3v) is 7.81. The fourth-order valence-corrected chi connectivity index (χ4v) is 2.12. The highest BCUT2D eigenvalue weighted by molar-refractivity contribution is 6.74. The number of nitrogens with one attached hydrogen (secondary N) is 1. The molecule has 6 nitrogen and oxygen atoms in total. The lowest BCUT2D eigenvalue weighted by atomic mass is 10.2. The second-order valence-electron chi connectivity index (χ2n) is 5.74. The Morgan fingerprint density at radius 3 is 2.11 bits per heavy atom. The summed E-state index contributed by atoms with van der Waals surface area (Å²) in [6, 6.07) is -1.12. The second kappa shape index (κ2) is 6.19. The Labute approximate surface area is 108 Å². The summed E-state index contributed by atoms with van der Waals surface area (Å²) < 4.78 is 5.80. The van der Waals surface area contributed by atoms with Crippen LogP contribution in [0.1, 0.15) is 27.2 Å². The van der Waals surface area contributed by atoms with E-state index in [2.05, 4.69) is 33.9 Å². The highest BCUT2D eigenvalue weighted by Crippen LogP contribution is 2.36. The number of hydrogen-bond acceptors (Lipinski definition) is 3. The van der Waals surface area contributed by atoms with Gasteiger partial charge in [0, 0.05) is 13.0 Å². The van der Waals surface area contributed by atoms with Crippen LogP contribution in [0.15, 0.2) is 0 Å². The first-order chi connectivity index (χ1) is 7.97. The molecule has 3 N–H and O–H groups in total. The standard InChI is InChI=1S/C11H23NO5Si/c1-11(2,3)18(4,5)17-7-6-8(9(13)14)12-10(15)16/h8,12H,6-7H2,1-5H3,(H,13,14)(H,15,16). The molecule has 106 valence electrons. The zero-order valence-electron chi connectivity index (χ0n) is 11.6. The van der Waals surface area contributed by atoms with E-state index in [0.29, 0.717) is 0 Å². The maximum atomic E-state index is 10.8. The van der Waals surface area contributed by atoms with E-state index in [0.717, 1.165) is 0 Å². The van der Waals surface area contributed by atoms with Crippen LogP contribution in [0.5, 0.6) is 0 Å². The first-order valence-electron chi connectivity index (χ1n) is 5.83. The lowest BCUT2D eigenvalue weighted by Gasteiger charge is -2.36. The molecule has 0 aromatic carbocycles. The van der Waals surface area contributed by atoms with Gasteiger partial charge in [-0.25, -0.2) is 9.59 Å². The van der Waals surface area contributed by atoms with Crippen LogP contribution in [0.3, 0.4) is 0 Å². The minimum Gasteiger partial charge on any atom is -0.480 e. The Morgan fingerprint density at radius 2 is 1.78 bits per heavy atom. The van der Waals surface area contributed by atoms with Gasteiger partial charge in [0.25, 0.3) is 0 Å². The molecule has 0 aromatic rings. The van der Waals surface area contributed by atoms with Crippen molar-refractivity contribution in [1.29, 1.82) is 0 Å². The van der Waals surface area contributed by atoms with Crippen molar-refractivity contribution in [2.45, 2.75) is 51.4 Å². The van der Waals surface area contributed by atoms with E-state index >= 15 is 0 Å². The molecule has 0 aliphatic carbocycles. The van der Waals surface area contributed by atoms with Crippen LogP contribution in [0.4, 0.5) is 4.79 Å². The summed E-state index contributed by atoms with van der Waals surface area (Å²) in [6.07, 6.45) is -1.21.